The molecule has 1 aromatic rings. The van der Waals surface area contributed by atoms with Crippen LogP contribution in [0, 0.1) is 0 Å². The van der Waals surface area contributed by atoms with E-state index in [1.54, 1.807) is 13.8 Å². The van der Waals surface area contributed by atoms with E-state index in [4.69, 9.17) is 20.6 Å². The summed E-state index contributed by atoms with van der Waals surface area (Å²) < 4.78 is 56.9. The summed E-state index contributed by atoms with van der Waals surface area (Å²) in [4.78, 5) is -0.547. The number of rotatable bonds is 7. The van der Waals surface area contributed by atoms with Crippen LogP contribution in [0.1, 0.15) is 19.4 Å². The van der Waals surface area contributed by atoms with Crippen LogP contribution in [0.4, 0.5) is 3.89 Å². The third kappa shape index (κ3) is 4.82. The molecule has 20 heavy (non-hydrogen) atoms. The number of benzene rings is 1. The number of halogens is 2. The highest BCUT2D eigenvalue weighted by Crippen LogP contribution is 2.52. The zero-order valence-electron chi connectivity index (χ0n) is 11.0. The smallest absolute Gasteiger partial charge is 0.309 e. The van der Waals surface area contributed by atoms with Crippen molar-refractivity contribution in [3.8, 4) is 0 Å². The van der Waals surface area contributed by atoms with Gasteiger partial charge in [-0.05, 0) is 31.5 Å². The van der Waals surface area contributed by atoms with Crippen molar-refractivity contribution >= 4 is 29.4 Å². The van der Waals surface area contributed by atoms with Crippen molar-refractivity contribution in [1.82, 2.24) is 0 Å². The van der Waals surface area contributed by atoms with Crippen molar-refractivity contribution in [1.29, 1.82) is 0 Å². The maximum Gasteiger partial charge on any atom is 0.335 e. The number of hydrogen-bond acceptors (Lipinski definition) is 5. The molecule has 0 radical (unpaired) electrons. The maximum atomic E-state index is 12.8. The fraction of sp³-hybridized carbons (Fsp3) is 0.455. The molecule has 0 atom stereocenters. The lowest BCUT2D eigenvalue weighted by Crippen LogP contribution is -2.00. The molecule has 0 aliphatic heterocycles. The van der Waals surface area contributed by atoms with Crippen molar-refractivity contribution in [3.63, 3.8) is 0 Å². The summed E-state index contributed by atoms with van der Waals surface area (Å²) in [5.74, 6) is 0. The van der Waals surface area contributed by atoms with E-state index >= 15 is 0 Å². The topological polar surface area (TPSA) is 69.7 Å². The SMILES string of the molecule is CCOP(=O)(Cc1ccc(S(=O)(=O)F)cc1Cl)OCC. The van der Waals surface area contributed by atoms with Crippen molar-refractivity contribution in [3.05, 3.63) is 28.8 Å². The Labute approximate surface area is 122 Å². The van der Waals surface area contributed by atoms with Crippen LogP contribution in [0.15, 0.2) is 23.1 Å². The molecule has 1 aromatic carbocycles. The second-order valence-corrected chi connectivity index (χ2v) is 7.60. The van der Waals surface area contributed by atoms with Gasteiger partial charge in [0.15, 0.2) is 0 Å². The van der Waals surface area contributed by atoms with E-state index in [0.29, 0.717) is 5.56 Å². The summed E-state index contributed by atoms with van der Waals surface area (Å²) in [6, 6.07) is 3.31. The fourth-order valence-corrected chi connectivity index (χ4v) is 4.17. The van der Waals surface area contributed by atoms with Gasteiger partial charge < -0.3 is 9.05 Å². The van der Waals surface area contributed by atoms with Crippen molar-refractivity contribution in [2.24, 2.45) is 0 Å². The second kappa shape index (κ2) is 7.00. The molecule has 0 aliphatic carbocycles. The number of hydrogen-bond donors (Lipinski definition) is 0. The minimum absolute atomic E-state index is 0.0108. The summed E-state index contributed by atoms with van der Waals surface area (Å²) in [5, 5.41) is -0.0108. The lowest BCUT2D eigenvalue weighted by molar-refractivity contribution is 0.219. The molecule has 5 nitrogen and oxygen atoms in total. The normalized spacial score (nSPS) is 12.6. The van der Waals surface area contributed by atoms with Crippen LogP contribution in [0.25, 0.3) is 0 Å². The molecule has 0 heterocycles. The predicted octanol–water partition coefficient (Wildman–Crippen LogP) is 3.76. The zero-order valence-corrected chi connectivity index (χ0v) is 13.5. The van der Waals surface area contributed by atoms with E-state index in [-0.39, 0.29) is 24.4 Å². The molecule has 0 saturated carbocycles. The molecule has 9 heteroatoms. The van der Waals surface area contributed by atoms with Gasteiger partial charge in [-0.2, -0.15) is 8.42 Å². The summed E-state index contributed by atoms with van der Waals surface area (Å²) in [7, 11) is -8.17. The minimum Gasteiger partial charge on any atom is -0.309 e. The zero-order chi connectivity index (χ0) is 15.4. The lowest BCUT2D eigenvalue weighted by atomic mass is 10.2. The molecule has 0 N–H and O–H groups in total. The van der Waals surface area contributed by atoms with Gasteiger partial charge in [0.2, 0.25) is 0 Å². The van der Waals surface area contributed by atoms with Gasteiger partial charge in [0.1, 0.15) is 0 Å². The first-order chi connectivity index (χ1) is 9.22. The van der Waals surface area contributed by atoms with E-state index < -0.39 is 22.7 Å². The predicted molar refractivity (Wildman–Crippen MR) is 74.3 cm³/mol. The first-order valence-corrected chi connectivity index (χ1v) is 9.32. The molecule has 0 fully saturated rings. The van der Waals surface area contributed by atoms with Gasteiger partial charge in [0.25, 0.3) is 0 Å². The van der Waals surface area contributed by atoms with Gasteiger partial charge in [-0.3, -0.25) is 4.57 Å². The van der Waals surface area contributed by atoms with Gasteiger partial charge in [-0.15, -0.1) is 3.89 Å². The first-order valence-electron chi connectivity index (χ1n) is 5.83. The largest absolute Gasteiger partial charge is 0.335 e. The highest BCUT2D eigenvalue weighted by molar-refractivity contribution is 7.86. The Hall–Kier alpha value is -0.460. The molecule has 0 unspecified atom stereocenters. The fourth-order valence-electron chi connectivity index (χ4n) is 1.54. The van der Waals surface area contributed by atoms with Crippen molar-refractivity contribution in [2.75, 3.05) is 13.2 Å². The van der Waals surface area contributed by atoms with Crippen molar-refractivity contribution < 1.29 is 25.9 Å². The van der Waals surface area contributed by atoms with Crippen LogP contribution in [0.3, 0.4) is 0 Å². The first kappa shape index (κ1) is 17.6. The Kier molecular flexibility index (Phi) is 6.16. The summed E-state index contributed by atoms with van der Waals surface area (Å²) >= 11 is 5.88. The molecule has 0 saturated heterocycles. The summed E-state index contributed by atoms with van der Waals surface area (Å²) in [6.07, 6.45) is -0.111. The van der Waals surface area contributed by atoms with Gasteiger partial charge in [-0.25, -0.2) is 0 Å². The van der Waals surface area contributed by atoms with Gasteiger partial charge in [-0.1, -0.05) is 17.7 Å². The summed E-state index contributed by atoms with van der Waals surface area (Å²) in [6.45, 7) is 3.75. The van der Waals surface area contributed by atoms with E-state index in [2.05, 4.69) is 0 Å². The summed E-state index contributed by atoms with van der Waals surface area (Å²) in [5.41, 5.74) is 0.365. The highest BCUT2D eigenvalue weighted by atomic mass is 35.5. The van der Waals surface area contributed by atoms with E-state index in [1.807, 2.05) is 0 Å². The third-order valence-corrected chi connectivity index (χ3v) is 5.52. The lowest BCUT2D eigenvalue weighted by Gasteiger charge is -2.17. The van der Waals surface area contributed by atoms with E-state index in [9.17, 15) is 16.9 Å². The Balaban J connectivity index is 3.06. The standard InChI is InChI=1S/C11H15ClFO5PS/c1-3-17-19(14,18-4-2)8-9-5-6-10(7-11(9)12)20(13,15)16/h5-7H,3-4,8H2,1-2H3. The average Bonchev–Trinajstić information content (AvgIpc) is 2.31. The molecule has 114 valence electrons. The third-order valence-electron chi connectivity index (χ3n) is 2.32. The minimum atomic E-state index is -4.82. The molecule has 0 amide bonds. The molecular weight excluding hydrogens is 330 g/mol. The molecule has 0 bridgehead atoms. The Morgan fingerprint density at radius 1 is 1.25 bits per heavy atom. The van der Waals surface area contributed by atoms with Crippen molar-refractivity contribution in [2.45, 2.75) is 24.9 Å². The monoisotopic (exact) mass is 344 g/mol. The average molecular weight is 345 g/mol. The second-order valence-electron chi connectivity index (χ2n) is 3.80. The van der Waals surface area contributed by atoms with Crippen LogP contribution in [0.5, 0.6) is 0 Å². The molecule has 1 rings (SSSR count). The Morgan fingerprint density at radius 3 is 2.20 bits per heavy atom. The van der Waals surface area contributed by atoms with Crippen LogP contribution in [-0.2, 0) is 30.0 Å². The van der Waals surface area contributed by atoms with Gasteiger partial charge in [0.05, 0.1) is 24.3 Å². The van der Waals surface area contributed by atoms with Crippen LogP contribution in [-0.4, -0.2) is 21.6 Å². The molecule has 0 aliphatic rings. The Morgan fingerprint density at radius 2 is 1.80 bits per heavy atom. The molecular formula is C11H15ClFO5PS. The van der Waals surface area contributed by atoms with Gasteiger partial charge >= 0.3 is 17.8 Å². The van der Waals surface area contributed by atoms with E-state index in [0.717, 1.165) is 12.1 Å². The Bertz CT molecular complexity index is 609. The van der Waals surface area contributed by atoms with Gasteiger partial charge in [0, 0.05) is 5.02 Å². The van der Waals surface area contributed by atoms with Crippen LogP contribution < -0.4 is 0 Å². The molecule has 0 aromatic heterocycles. The maximum absolute atomic E-state index is 12.8. The quantitative estimate of drug-likeness (QED) is 0.556. The molecule has 0 spiro atoms. The highest BCUT2D eigenvalue weighted by Gasteiger charge is 2.26. The van der Waals surface area contributed by atoms with Crippen LogP contribution in [0.2, 0.25) is 5.02 Å². The van der Waals surface area contributed by atoms with Crippen LogP contribution >= 0.6 is 19.2 Å². The van der Waals surface area contributed by atoms with E-state index in [1.165, 1.54) is 6.07 Å².